The molecule has 2 rings (SSSR count). The fourth-order valence-corrected chi connectivity index (χ4v) is 3.34. The van der Waals surface area contributed by atoms with Gasteiger partial charge in [0.2, 0.25) is 10.0 Å². The molecular weight excluding hydrogens is 288 g/mol. The van der Waals surface area contributed by atoms with Crippen LogP contribution in [0.25, 0.3) is 0 Å². The summed E-state index contributed by atoms with van der Waals surface area (Å²) in [5, 5.41) is 9.23. The summed E-state index contributed by atoms with van der Waals surface area (Å²) in [5.74, 6) is 0. The molecule has 21 heavy (non-hydrogen) atoms. The van der Waals surface area contributed by atoms with Crippen LogP contribution in [0.15, 0.2) is 41.4 Å². The topological polar surface area (TPSA) is 79.3 Å². The van der Waals surface area contributed by atoms with Crippen LogP contribution in [0, 0.1) is 13.8 Å². The van der Waals surface area contributed by atoms with E-state index in [1.54, 1.807) is 25.3 Å². The van der Waals surface area contributed by atoms with Gasteiger partial charge in [0, 0.05) is 6.20 Å². The van der Waals surface area contributed by atoms with Gasteiger partial charge in [0.15, 0.2) is 0 Å². The molecule has 0 radical (unpaired) electrons. The lowest BCUT2D eigenvalue weighted by atomic mass is 10.1. The Balaban J connectivity index is 2.26. The number of aliphatic hydroxyl groups excluding tert-OH is 1. The van der Waals surface area contributed by atoms with Crippen molar-refractivity contribution in [3.05, 3.63) is 58.9 Å². The van der Waals surface area contributed by atoms with Crippen LogP contribution in [-0.2, 0) is 23.2 Å². The molecule has 2 N–H and O–H groups in total. The van der Waals surface area contributed by atoms with E-state index in [-0.39, 0.29) is 18.0 Å². The maximum absolute atomic E-state index is 12.4. The molecule has 0 unspecified atom stereocenters. The predicted molar refractivity (Wildman–Crippen MR) is 80.1 cm³/mol. The van der Waals surface area contributed by atoms with Crippen molar-refractivity contribution in [2.24, 2.45) is 0 Å². The van der Waals surface area contributed by atoms with Gasteiger partial charge in [-0.1, -0.05) is 18.2 Å². The Hall–Kier alpha value is -1.76. The number of hydrogen-bond acceptors (Lipinski definition) is 4. The van der Waals surface area contributed by atoms with Crippen LogP contribution in [0.2, 0.25) is 0 Å². The van der Waals surface area contributed by atoms with Gasteiger partial charge in [-0.3, -0.25) is 4.98 Å². The number of nitrogens with zero attached hydrogens (tertiary/aromatic N) is 1. The van der Waals surface area contributed by atoms with Crippen molar-refractivity contribution in [2.45, 2.75) is 31.9 Å². The van der Waals surface area contributed by atoms with Gasteiger partial charge in [-0.2, -0.15) is 0 Å². The monoisotopic (exact) mass is 306 g/mol. The molecule has 0 aliphatic heterocycles. The molecule has 0 aliphatic carbocycles. The zero-order valence-corrected chi connectivity index (χ0v) is 12.8. The van der Waals surface area contributed by atoms with Gasteiger partial charge in [-0.15, -0.1) is 0 Å². The number of sulfonamides is 1. The number of benzene rings is 1. The van der Waals surface area contributed by atoms with Crippen LogP contribution < -0.4 is 4.72 Å². The second kappa shape index (κ2) is 6.34. The average molecular weight is 306 g/mol. The fourth-order valence-electron chi connectivity index (χ4n) is 2.07. The van der Waals surface area contributed by atoms with E-state index >= 15 is 0 Å². The summed E-state index contributed by atoms with van der Waals surface area (Å²) in [7, 11) is -3.64. The molecule has 0 bridgehead atoms. The number of aryl methyl sites for hydroxylation is 1. The maximum atomic E-state index is 12.4. The van der Waals surface area contributed by atoms with Gasteiger partial charge in [-0.05, 0) is 42.7 Å². The van der Waals surface area contributed by atoms with E-state index in [2.05, 4.69) is 9.71 Å². The minimum atomic E-state index is -3.64. The molecular formula is C15H18N2O3S. The van der Waals surface area contributed by atoms with Gasteiger partial charge in [0.05, 0.1) is 23.7 Å². The molecule has 1 heterocycles. The number of nitrogens with one attached hydrogen (secondary N) is 1. The van der Waals surface area contributed by atoms with E-state index in [9.17, 15) is 13.5 Å². The van der Waals surface area contributed by atoms with Crippen molar-refractivity contribution < 1.29 is 13.5 Å². The number of aliphatic hydroxyl groups is 1. The van der Waals surface area contributed by atoms with E-state index in [1.807, 2.05) is 19.1 Å². The Kier molecular flexibility index (Phi) is 4.72. The van der Waals surface area contributed by atoms with Crippen molar-refractivity contribution in [3.63, 3.8) is 0 Å². The molecule has 0 spiro atoms. The van der Waals surface area contributed by atoms with Crippen molar-refractivity contribution in [1.82, 2.24) is 9.71 Å². The molecule has 1 aromatic heterocycles. The third-order valence-corrected chi connectivity index (χ3v) is 4.95. The predicted octanol–water partition coefficient (Wildman–Crippen LogP) is 1.67. The van der Waals surface area contributed by atoms with Crippen LogP contribution >= 0.6 is 0 Å². The summed E-state index contributed by atoms with van der Waals surface area (Å²) in [5.41, 5.74) is 2.79. The van der Waals surface area contributed by atoms with E-state index < -0.39 is 10.0 Å². The molecule has 112 valence electrons. The molecule has 0 atom stereocenters. The Bertz CT molecular complexity index is 742. The summed E-state index contributed by atoms with van der Waals surface area (Å²) in [6.45, 7) is 3.52. The van der Waals surface area contributed by atoms with Crippen molar-refractivity contribution in [3.8, 4) is 0 Å². The molecule has 0 fully saturated rings. The number of rotatable bonds is 5. The SMILES string of the molecule is Cc1cccnc1CNS(=O)(=O)c1cccc(CO)c1C. The summed E-state index contributed by atoms with van der Waals surface area (Å²) < 4.78 is 27.3. The third kappa shape index (κ3) is 3.47. The quantitative estimate of drug-likeness (QED) is 0.880. The van der Waals surface area contributed by atoms with E-state index in [0.29, 0.717) is 16.8 Å². The smallest absolute Gasteiger partial charge is 0.241 e. The molecule has 0 saturated heterocycles. The van der Waals surface area contributed by atoms with Crippen LogP contribution in [0.4, 0.5) is 0 Å². The first-order chi connectivity index (χ1) is 9.95. The highest BCUT2D eigenvalue weighted by Crippen LogP contribution is 2.19. The van der Waals surface area contributed by atoms with Crippen LogP contribution in [0.1, 0.15) is 22.4 Å². The van der Waals surface area contributed by atoms with E-state index in [1.165, 1.54) is 6.07 Å². The zero-order valence-electron chi connectivity index (χ0n) is 12.0. The van der Waals surface area contributed by atoms with Crippen molar-refractivity contribution >= 4 is 10.0 Å². The minimum absolute atomic E-state index is 0.137. The standard InChI is InChI=1S/C15H18N2O3S/c1-11-5-4-8-16-14(11)9-17-21(19,20)15-7-3-6-13(10-18)12(15)2/h3-8,17-18H,9-10H2,1-2H3. The van der Waals surface area contributed by atoms with Gasteiger partial charge in [0.25, 0.3) is 0 Å². The summed E-state index contributed by atoms with van der Waals surface area (Å²) in [6.07, 6.45) is 1.63. The highest BCUT2D eigenvalue weighted by Gasteiger charge is 2.18. The number of hydrogen-bond donors (Lipinski definition) is 2. The van der Waals surface area contributed by atoms with E-state index in [4.69, 9.17) is 0 Å². The highest BCUT2D eigenvalue weighted by molar-refractivity contribution is 7.89. The third-order valence-electron chi connectivity index (χ3n) is 3.40. The Labute approximate surface area is 124 Å². The first-order valence-corrected chi connectivity index (χ1v) is 8.03. The Morgan fingerprint density at radius 2 is 1.95 bits per heavy atom. The van der Waals surface area contributed by atoms with Gasteiger partial charge in [0.1, 0.15) is 0 Å². The largest absolute Gasteiger partial charge is 0.392 e. The molecule has 1 aromatic carbocycles. The van der Waals surface area contributed by atoms with Crippen molar-refractivity contribution in [2.75, 3.05) is 0 Å². The lowest BCUT2D eigenvalue weighted by molar-refractivity contribution is 0.280. The summed E-state index contributed by atoms with van der Waals surface area (Å²) >= 11 is 0. The normalized spacial score (nSPS) is 11.6. The lowest BCUT2D eigenvalue weighted by Gasteiger charge is -2.12. The molecule has 5 nitrogen and oxygen atoms in total. The maximum Gasteiger partial charge on any atom is 0.241 e. The first kappa shape index (κ1) is 15.6. The average Bonchev–Trinajstić information content (AvgIpc) is 2.46. The van der Waals surface area contributed by atoms with Crippen molar-refractivity contribution in [1.29, 1.82) is 0 Å². The number of aromatic nitrogens is 1. The summed E-state index contributed by atoms with van der Waals surface area (Å²) in [4.78, 5) is 4.35. The number of pyridine rings is 1. The molecule has 0 amide bonds. The molecule has 2 aromatic rings. The van der Waals surface area contributed by atoms with E-state index in [0.717, 1.165) is 5.56 Å². The lowest BCUT2D eigenvalue weighted by Crippen LogP contribution is -2.25. The first-order valence-electron chi connectivity index (χ1n) is 6.55. The van der Waals surface area contributed by atoms with Crippen LogP contribution in [-0.4, -0.2) is 18.5 Å². The second-order valence-electron chi connectivity index (χ2n) is 4.79. The summed E-state index contributed by atoms with van der Waals surface area (Å²) in [6, 6.07) is 8.55. The molecule has 6 heteroatoms. The Morgan fingerprint density at radius 1 is 1.19 bits per heavy atom. The van der Waals surface area contributed by atoms with Gasteiger partial charge < -0.3 is 5.11 Å². The minimum Gasteiger partial charge on any atom is -0.392 e. The van der Waals surface area contributed by atoms with Gasteiger partial charge in [-0.25, -0.2) is 13.1 Å². The van der Waals surface area contributed by atoms with Crippen LogP contribution in [0.5, 0.6) is 0 Å². The highest BCUT2D eigenvalue weighted by atomic mass is 32.2. The zero-order chi connectivity index (χ0) is 15.5. The Morgan fingerprint density at radius 3 is 2.62 bits per heavy atom. The molecule has 0 aliphatic rings. The molecule has 0 saturated carbocycles. The van der Waals surface area contributed by atoms with Crippen LogP contribution in [0.3, 0.4) is 0 Å². The van der Waals surface area contributed by atoms with Gasteiger partial charge >= 0.3 is 0 Å². The fraction of sp³-hybridized carbons (Fsp3) is 0.267. The second-order valence-corrected chi connectivity index (χ2v) is 6.53.